The van der Waals surface area contributed by atoms with E-state index < -0.39 is 0 Å². The van der Waals surface area contributed by atoms with Crippen molar-refractivity contribution >= 4 is 28.5 Å². The van der Waals surface area contributed by atoms with Gasteiger partial charge in [-0.3, -0.25) is 4.68 Å². The molecular weight excluding hydrogens is 264 g/mol. The van der Waals surface area contributed by atoms with E-state index in [1.54, 1.807) is 4.68 Å². The first-order valence-corrected chi connectivity index (χ1v) is 7.03. The number of aryl methyl sites for hydroxylation is 1. The molecule has 1 aromatic carbocycles. The number of hydrogen-bond donors (Lipinski definition) is 2. The van der Waals surface area contributed by atoms with E-state index in [1.165, 1.54) is 0 Å². The molecule has 0 saturated heterocycles. The van der Waals surface area contributed by atoms with Crippen LogP contribution in [0, 0.1) is 0 Å². The van der Waals surface area contributed by atoms with E-state index in [9.17, 15) is 0 Å². The summed E-state index contributed by atoms with van der Waals surface area (Å²) in [4.78, 5) is 9.09. The third kappa shape index (κ3) is 2.94. The van der Waals surface area contributed by atoms with Gasteiger partial charge in [-0.1, -0.05) is 19.1 Å². The monoisotopic (exact) mass is 282 g/mol. The Morgan fingerprint density at radius 2 is 2.00 bits per heavy atom. The summed E-state index contributed by atoms with van der Waals surface area (Å²) >= 11 is 0. The molecule has 0 atom stereocenters. The lowest BCUT2D eigenvalue weighted by Crippen LogP contribution is -2.06. The third-order valence-electron chi connectivity index (χ3n) is 3.10. The van der Waals surface area contributed by atoms with Crippen LogP contribution in [-0.2, 0) is 7.05 Å². The molecule has 21 heavy (non-hydrogen) atoms. The van der Waals surface area contributed by atoms with Crippen molar-refractivity contribution < 1.29 is 0 Å². The van der Waals surface area contributed by atoms with Crippen LogP contribution in [0.25, 0.3) is 10.9 Å². The second-order valence-electron chi connectivity index (χ2n) is 4.84. The molecule has 2 heterocycles. The number of nitrogens with one attached hydrogen (secondary N) is 2. The highest BCUT2D eigenvalue weighted by atomic mass is 15.3. The average Bonchev–Trinajstić information content (AvgIpc) is 2.90. The predicted molar refractivity (Wildman–Crippen MR) is 84.8 cm³/mol. The summed E-state index contributed by atoms with van der Waals surface area (Å²) in [6.45, 7) is 2.96. The van der Waals surface area contributed by atoms with Crippen molar-refractivity contribution in [2.24, 2.45) is 7.05 Å². The Hall–Kier alpha value is -2.63. The second kappa shape index (κ2) is 5.78. The van der Waals surface area contributed by atoms with E-state index in [4.69, 9.17) is 0 Å². The highest BCUT2D eigenvalue weighted by Gasteiger charge is 2.08. The molecule has 108 valence electrons. The number of aromatic nitrogens is 4. The van der Waals surface area contributed by atoms with Crippen LogP contribution in [0.5, 0.6) is 0 Å². The topological polar surface area (TPSA) is 67.7 Å². The molecule has 0 aliphatic rings. The SMILES string of the molecule is CCCNc1nc(Nc2ccn(C)n2)c2ccccc2n1. The van der Waals surface area contributed by atoms with E-state index in [1.807, 2.05) is 43.6 Å². The van der Waals surface area contributed by atoms with Gasteiger partial charge in [-0.15, -0.1) is 0 Å². The molecular formula is C15H18N6. The second-order valence-corrected chi connectivity index (χ2v) is 4.84. The quantitative estimate of drug-likeness (QED) is 0.753. The lowest BCUT2D eigenvalue weighted by Gasteiger charge is -2.10. The van der Waals surface area contributed by atoms with Gasteiger partial charge in [-0.05, 0) is 18.6 Å². The number of anilines is 3. The summed E-state index contributed by atoms with van der Waals surface area (Å²) in [6.07, 6.45) is 2.92. The normalized spacial score (nSPS) is 10.8. The molecule has 0 fully saturated rings. The fraction of sp³-hybridized carbons (Fsp3) is 0.267. The molecule has 0 aliphatic heterocycles. The molecule has 2 N–H and O–H groups in total. The molecule has 0 aliphatic carbocycles. The van der Waals surface area contributed by atoms with Crippen molar-refractivity contribution in [2.45, 2.75) is 13.3 Å². The van der Waals surface area contributed by atoms with Crippen molar-refractivity contribution in [3.05, 3.63) is 36.5 Å². The fourth-order valence-electron chi connectivity index (χ4n) is 2.09. The summed E-state index contributed by atoms with van der Waals surface area (Å²) in [7, 11) is 1.89. The third-order valence-corrected chi connectivity index (χ3v) is 3.10. The van der Waals surface area contributed by atoms with Gasteiger partial charge in [0.2, 0.25) is 5.95 Å². The van der Waals surface area contributed by atoms with Gasteiger partial charge in [0.1, 0.15) is 5.82 Å². The Labute approximate surface area is 123 Å². The summed E-state index contributed by atoms with van der Waals surface area (Å²) in [6, 6.07) is 9.86. The zero-order valence-electron chi connectivity index (χ0n) is 12.2. The summed E-state index contributed by atoms with van der Waals surface area (Å²) < 4.78 is 1.75. The molecule has 0 amide bonds. The van der Waals surface area contributed by atoms with Crippen LogP contribution >= 0.6 is 0 Å². The number of para-hydroxylation sites is 1. The number of nitrogens with zero attached hydrogens (tertiary/aromatic N) is 4. The van der Waals surface area contributed by atoms with Crippen molar-refractivity contribution in [3.63, 3.8) is 0 Å². The average molecular weight is 282 g/mol. The molecule has 0 unspecified atom stereocenters. The van der Waals surface area contributed by atoms with Gasteiger partial charge >= 0.3 is 0 Å². The molecule has 0 saturated carbocycles. The lowest BCUT2D eigenvalue weighted by atomic mass is 10.2. The summed E-state index contributed by atoms with van der Waals surface area (Å²) in [5, 5.41) is 11.8. The van der Waals surface area contributed by atoms with Gasteiger partial charge < -0.3 is 10.6 Å². The van der Waals surface area contributed by atoms with Crippen LogP contribution in [0.3, 0.4) is 0 Å². The van der Waals surface area contributed by atoms with E-state index in [0.29, 0.717) is 5.95 Å². The van der Waals surface area contributed by atoms with Crippen LogP contribution in [-0.4, -0.2) is 26.3 Å². The maximum absolute atomic E-state index is 4.56. The minimum absolute atomic E-state index is 0.633. The van der Waals surface area contributed by atoms with E-state index in [2.05, 4.69) is 32.6 Å². The molecule has 2 aromatic heterocycles. The zero-order valence-corrected chi connectivity index (χ0v) is 12.2. The maximum atomic E-state index is 4.56. The van der Waals surface area contributed by atoms with Gasteiger partial charge in [0, 0.05) is 31.2 Å². The number of benzene rings is 1. The van der Waals surface area contributed by atoms with Gasteiger partial charge in [0.25, 0.3) is 0 Å². The lowest BCUT2D eigenvalue weighted by molar-refractivity contribution is 0.771. The minimum atomic E-state index is 0.633. The predicted octanol–water partition coefficient (Wildman–Crippen LogP) is 2.93. The van der Waals surface area contributed by atoms with Crippen LogP contribution in [0.4, 0.5) is 17.6 Å². The largest absolute Gasteiger partial charge is 0.354 e. The summed E-state index contributed by atoms with van der Waals surface area (Å²) in [5.74, 6) is 2.16. The molecule has 0 spiro atoms. The van der Waals surface area contributed by atoms with Crippen LogP contribution in [0.15, 0.2) is 36.5 Å². The first kappa shape index (κ1) is 13.4. The molecule has 3 aromatic rings. The minimum Gasteiger partial charge on any atom is -0.354 e. The Morgan fingerprint density at radius 1 is 1.14 bits per heavy atom. The Balaban J connectivity index is 2.01. The van der Waals surface area contributed by atoms with Crippen LogP contribution in [0.2, 0.25) is 0 Å². The van der Waals surface area contributed by atoms with Gasteiger partial charge in [-0.2, -0.15) is 10.1 Å². The van der Waals surface area contributed by atoms with Crippen LogP contribution in [0.1, 0.15) is 13.3 Å². The van der Waals surface area contributed by atoms with Gasteiger partial charge in [0.15, 0.2) is 5.82 Å². The molecule has 6 nitrogen and oxygen atoms in total. The first-order chi connectivity index (χ1) is 10.3. The Kier molecular flexibility index (Phi) is 3.68. The number of fused-ring (bicyclic) bond motifs is 1. The standard InChI is InChI=1S/C15H18N6/c1-3-9-16-15-17-12-7-5-4-6-11(12)14(19-15)18-13-8-10-21(2)20-13/h4-8,10H,3,9H2,1-2H3,(H2,16,17,18,19,20). The zero-order chi connectivity index (χ0) is 14.7. The van der Waals surface area contributed by atoms with Crippen molar-refractivity contribution in [3.8, 4) is 0 Å². The maximum Gasteiger partial charge on any atom is 0.225 e. The highest BCUT2D eigenvalue weighted by Crippen LogP contribution is 2.24. The van der Waals surface area contributed by atoms with Crippen molar-refractivity contribution in [2.75, 3.05) is 17.2 Å². The molecule has 3 rings (SSSR count). The van der Waals surface area contributed by atoms with Crippen molar-refractivity contribution in [1.82, 2.24) is 19.7 Å². The van der Waals surface area contributed by atoms with Gasteiger partial charge in [0.05, 0.1) is 5.52 Å². The smallest absolute Gasteiger partial charge is 0.225 e. The van der Waals surface area contributed by atoms with E-state index in [-0.39, 0.29) is 0 Å². The number of rotatable bonds is 5. The first-order valence-electron chi connectivity index (χ1n) is 7.03. The molecule has 0 radical (unpaired) electrons. The van der Waals surface area contributed by atoms with Gasteiger partial charge in [-0.25, -0.2) is 4.98 Å². The Bertz CT molecular complexity index is 749. The Morgan fingerprint density at radius 3 is 2.76 bits per heavy atom. The summed E-state index contributed by atoms with van der Waals surface area (Å²) in [5.41, 5.74) is 0.907. The molecule has 0 bridgehead atoms. The highest BCUT2D eigenvalue weighted by molar-refractivity contribution is 5.91. The fourth-order valence-corrected chi connectivity index (χ4v) is 2.09. The van der Waals surface area contributed by atoms with Crippen LogP contribution < -0.4 is 10.6 Å². The molecule has 6 heteroatoms. The van der Waals surface area contributed by atoms with E-state index in [0.717, 1.165) is 35.5 Å². The van der Waals surface area contributed by atoms with E-state index >= 15 is 0 Å². The number of hydrogen-bond acceptors (Lipinski definition) is 5. The van der Waals surface area contributed by atoms with Crippen molar-refractivity contribution in [1.29, 1.82) is 0 Å².